The number of nitro groups is 1. The second-order valence-electron chi connectivity index (χ2n) is 8.12. The number of ether oxygens (including phenoxy) is 2. The highest BCUT2D eigenvalue weighted by atomic mass is 16.6. The Morgan fingerprint density at radius 1 is 1.14 bits per heavy atom. The summed E-state index contributed by atoms with van der Waals surface area (Å²) in [6.45, 7) is 2.26. The molecule has 1 aliphatic rings. The van der Waals surface area contributed by atoms with Crippen molar-refractivity contribution in [3.05, 3.63) is 74.6 Å². The van der Waals surface area contributed by atoms with Gasteiger partial charge in [-0.25, -0.2) is 0 Å². The van der Waals surface area contributed by atoms with E-state index in [9.17, 15) is 19.7 Å². The third kappa shape index (κ3) is 4.85. The quantitative estimate of drug-likeness (QED) is 0.390. The summed E-state index contributed by atoms with van der Waals surface area (Å²) in [5.41, 5.74) is 0.322. The second-order valence-corrected chi connectivity index (χ2v) is 8.12. The molecule has 0 bridgehead atoms. The van der Waals surface area contributed by atoms with E-state index in [1.165, 1.54) is 38.2 Å². The summed E-state index contributed by atoms with van der Waals surface area (Å²) < 4.78 is 11.6. The van der Waals surface area contributed by atoms with E-state index < -0.39 is 16.4 Å². The molecule has 0 N–H and O–H groups in total. The number of hydrogen-bond acceptors (Lipinski definition) is 8. The van der Waals surface area contributed by atoms with Gasteiger partial charge in [-0.3, -0.25) is 19.7 Å². The van der Waals surface area contributed by atoms with E-state index in [0.29, 0.717) is 49.0 Å². The number of nitro benzene ring substituents is 1. The van der Waals surface area contributed by atoms with Crippen LogP contribution in [0.4, 0.5) is 11.4 Å². The van der Waals surface area contributed by atoms with Crippen LogP contribution >= 0.6 is 0 Å². The lowest BCUT2D eigenvalue weighted by atomic mass is 10.1. The number of methoxy groups -OCH3 is 1. The minimum Gasteiger partial charge on any atom is -0.497 e. The highest BCUT2D eigenvalue weighted by Gasteiger charge is 2.25. The van der Waals surface area contributed by atoms with Crippen molar-refractivity contribution in [1.82, 2.24) is 14.7 Å². The number of benzene rings is 2. The van der Waals surface area contributed by atoms with Crippen molar-refractivity contribution in [2.75, 3.05) is 52.4 Å². The van der Waals surface area contributed by atoms with Crippen LogP contribution in [0.2, 0.25) is 0 Å². The first kappa shape index (κ1) is 23.9. The molecule has 2 aromatic carbocycles. The van der Waals surface area contributed by atoms with E-state index in [1.807, 2.05) is 4.90 Å². The zero-order valence-electron chi connectivity index (χ0n) is 19.6. The van der Waals surface area contributed by atoms with Crippen LogP contribution in [0.5, 0.6) is 5.75 Å². The van der Waals surface area contributed by atoms with Gasteiger partial charge < -0.3 is 19.3 Å². The van der Waals surface area contributed by atoms with Crippen molar-refractivity contribution < 1.29 is 19.2 Å². The van der Waals surface area contributed by atoms with Crippen molar-refractivity contribution in [3.63, 3.8) is 0 Å². The molecular formula is C24H25N5O6. The van der Waals surface area contributed by atoms with Gasteiger partial charge in [0.1, 0.15) is 17.0 Å². The number of carbonyl (C=O) groups excluding carboxylic acids is 1. The topological polar surface area (TPSA) is 120 Å². The summed E-state index contributed by atoms with van der Waals surface area (Å²) in [7, 11) is 4.58. The average Bonchev–Trinajstić information content (AvgIpc) is 2.88. The van der Waals surface area contributed by atoms with E-state index in [4.69, 9.17) is 9.47 Å². The van der Waals surface area contributed by atoms with Crippen LogP contribution in [0.3, 0.4) is 0 Å². The number of nitrogens with zero attached hydrogens (tertiary/aromatic N) is 5. The van der Waals surface area contributed by atoms with Crippen LogP contribution in [0, 0.1) is 10.1 Å². The van der Waals surface area contributed by atoms with Crippen LogP contribution in [0.15, 0.2) is 53.3 Å². The SMILES string of the molecule is COc1cccc(-c2cc(C(=O)N(C)C)c(=O)n(-c3cc(N4CCOCC4)ccc3[N+](=O)[O-])n2)c1. The summed E-state index contributed by atoms with van der Waals surface area (Å²) in [6, 6.07) is 12.9. The van der Waals surface area contributed by atoms with Crippen LogP contribution in [-0.4, -0.2) is 73.0 Å². The molecule has 182 valence electrons. The second kappa shape index (κ2) is 9.94. The van der Waals surface area contributed by atoms with E-state index >= 15 is 0 Å². The maximum absolute atomic E-state index is 13.5. The zero-order valence-corrected chi connectivity index (χ0v) is 19.6. The summed E-state index contributed by atoms with van der Waals surface area (Å²) in [5, 5.41) is 16.3. The molecule has 0 spiro atoms. The van der Waals surface area contributed by atoms with E-state index in [-0.39, 0.29) is 16.9 Å². The molecule has 11 heteroatoms. The summed E-state index contributed by atoms with van der Waals surface area (Å²) in [4.78, 5) is 41.0. The molecule has 3 aromatic rings. The van der Waals surface area contributed by atoms with E-state index in [0.717, 1.165) is 4.68 Å². The minimum atomic E-state index is -0.752. The smallest absolute Gasteiger partial charge is 0.295 e. The van der Waals surface area contributed by atoms with Gasteiger partial charge in [0.25, 0.3) is 17.2 Å². The molecule has 11 nitrogen and oxygen atoms in total. The lowest BCUT2D eigenvalue weighted by molar-refractivity contribution is -0.384. The van der Waals surface area contributed by atoms with Gasteiger partial charge >= 0.3 is 0 Å². The first-order valence-corrected chi connectivity index (χ1v) is 10.9. The van der Waals surface area contributed by atoms with Gasteiger partial charge in [-0.15, -0.1) is 0 Å². The van der Waals surface area contributed by atoms with Gasteiger partial charge in [-0.05, 0) is 30.3 Å². The summed E-state index contributed by atoms with van der Waals surface area (Å²) in [5.74, 6) is 0.0186. The van der Waals surface area contributed by atoms with Gasteiger partial charge in [0.05, 0.1) is 30.9 Å². The van der Waals surface area contributed by atoms with Gasteiger partial charge in [-0.1, -0.05) is 12.1 Å². The normalized spacial score (nSPS) is 13.4. The Labute approximate surface area is 201 Å². The predicted octanol–water partition coefficient (Wildman–Crippen LogP) is 2.35. The molecule has 2 heterocycles. The number of carbonyl (C=O) groups is 1. The number of aromatic nitrogens is 2. The van der Waals surface area contributed by atoms with Gasteiger partial charge in [0.2, 0.25) is 0 Å². The Hall–Kier alpha value is -4.25. The molecule has 0 saturated carbocycles. The highest BCUT2D eigenvalue weighted by Crippen LogP contribution is 2.29. The van der Waals surface area contributed by atoms with Crippen molar-refractivity contribution in [2.45, 2.75) is 0 Å². The largest absolute Gasteiger partial charge is 0.497 e. The maximum atomic E-state index is 13.5. The Morgan fingerprint density at radius 3 is 2.54 bits per heavy atom. The zero-order chi connectivity index (χ0) is 25.1. The first-order chi connectivity index (χ1) is 16.8. The molecule has 1 amide bonds. The lowest BCUT2D eigenvalue weighted by Crippen LogP contribution is -2.36. The van der Waals surface area contributed by atoms with E-state index in [2.05, 4.69) is 5.10 Å². The number of morpholine rings is 1. The van der Waals surface area contributed by atoms with Crippen molar-refractivity contribution in [3.8, 4) is 22.7 Å². The number of anilines is 1. The fraction of sp³-hybridized carbons (Fsp3) is 0.292. The molecule has 1 saturated heterocycles. The third-order valence-electron chi connectivity index (χ3n) is 5.67. The van der Waals surface area contributed by atoms with E-state index in [1.54, 1.807) is 36.4 Å². The van der Waals surface area contributed by atoms with Crippen LogP contribution in [0.1, 0.15) is 10.4 Å². The molecule has 1 aliphatic heterocycles. The average molecular weight is 479 g/mol. The van der Waals surface area contributed by atoms with Crippen LogP contribution in [-0.2, 0) is 4.74 Å². The summed E-state index contributed by atoms with van der Waals surface area (Å²) in [6.07, 6.45) is 0. The number of hydrogen-bond donors (Lipinski definition) is 0. The Bertz CT molecular complexity index is 1330. The Morgan fingerprint density at radius 2 is 1.89 bits per heavy atom. The maximum Gasteiger partial charge on any atom is 0.295 e. The molecule has 0 unspecified atom stereocenters. The van der Waals surface area contributed by atoms with Crippen molar-refractivity contribution in [1.29, 1.82) is 0 Å². The van der Waals surface area contributed by atoms with Crippen molar-refractivity contribution in [2.24, 2.45) is 0 Å². The van der Waals surface area contributed by atoms with Crippen LogP contribution in [0.25, 0.3) is 16.9 Å². The molecule has 0 atom stereocenters. The van der Waals surface area contributed by atoms with Crippen LogP contribution < -0.4 is 15.2 Å². The highest BCUT2D eigenvalue weighted by molar-refractivity contribution is 5.94. The molecule has 1 aromatic heterocycles. The molecule has 0 radical (unpaired) electrons. The monoisotopic (exact) mass is 479 g/mol. The van der Waals surface area contributed by atoms with Gasteiger partial charge in [0.15, 0.2) is 0 Å². The number of rotatable bonds is 6. The molecular weight excluding hydrogens is 454 g/mol. The Kier molecular flexibility index (Phi) is 6.78. The molecule has 35 heavy (non-hydrogen) atoms. The minimum absolute atomic E-state index is 0.0263. The lowest BCUT2D eigenvalue weighted by Gasteiger charge is -2.29. The molecule has 1 fully saturated rings. The third-order valence-corrected chi connectivity index (χ3v) is 5.67. The standard InChI is InChI=1S/C24H25N5O6/c1-26(2)23(30)19-15-20(16-5-4-6-18(13-16)34-3)25-28(24(19)31)22-14-17(7-8-21(22)29(32)33)27-9-11-35-12-10-27/h4-8,13-15H,9-12H2,1-3H3. The van der Waals surface area contributed by atoms with Gasteiger partial charge in [-0.2, -0.15) is 9.78 Å². The molecule has 0 aliphatic carbocycles. The first-order valence-electron chi connectivity index (χ1n) is 10.9. The predicted molar refractivity (Wildman–Crippen MR) is 130 cm³/mol. The fourth-order valence-corrected chi connectivity index (χ4v) is 3.83. The van der Waals surface area contributed by atoms with Gasteiger partial charge in [0, 0.05) is 44.5 Å². The Balaban J connectivity index is 1.97. The summed E-state index contributed by atoms with van der Waals surface area (Å²) >= 11 is 0. The fourth-order valence-electron chi connectivity index (χ4n) is 3.83. The number of amides is 1. The van der Waals surface area contributed by atoms with Crippen molar-refractivity contribution >= 4 is 17.3 Å². The molecule has 4 rings (SSSR count).